The van der Waals surface area contributed by atoms with E-state index in [0.717, 1.165) is 42.7 Å². The molecule has 1 heteroatoms. The number of para-hydroxylation sites is 1. The number of anilines is 3. The fourth-order valence-corrected chi connectivity index (χ4v) is 10.2. The van der Waals surface area contributed by atoms with Gasteiger partial charge in [-0.15, -0.1) is 0 Å². The Bertz CT molecular complexity index is 3010. The Labute approximate surface area is 347 Å². The third-order valence-electron chi connectivity index (χ3n) is 12.8. The Morgan fingerprint density at radius 3 is 1.64 bits per heavy atom. The maximum Gasteiger partial charge on any atom is 0.0462 e. The number of hydrogen-bond acceptors (Lipinski definition) is 1. The molecule has 0 spiro atoms. The van der Waals surface area contributed by atoms with E-state index in [0.29, 0.717) is 5.92 Å². The van der Waals surface area contributed by atoms with E-state index < -0.39 is 0 Å². The Hall–Kier alpha value is -6.96. The standard InChI is InChI=1S/C58H45N/c1-4-18-40(19-5-1)55-47-24-10-14-28-51(47)57(52-29-15-11-25-48(52)55)42-32-36-45(37-33-42)59(44-22-8-3-9-23-44)46-38-34-43(35-39-46)58-53-30-16-12-26-49(53)56(41-20-6-2-7-21-41)50-27-13-17-31-54(50)58/h1,3-6,8-10,12-24,26-39,49,53H,2,7,11,25H2. The van der Waals surface area contributed by atoms with Crippen molar-refractivity contribution < 1.29 is 0 Å². The normalized spacial score (nSPS) is 17.7. The maximum atomic E-state index is 2.44. The molecule has 7 aromatic carbocycles. The molecule has 2 atom stereocenters. The zero-order valence-electron chi connectivity index (χ0n) is 33.1. The van der Waals surface area contributed by atoms with E-state index in [1.54, 1.807) is 0 Å². The molecule has 4 aliphatic rings. The first-order chi connectivity index (χ1) is 29.3. The number of fused-ring (bicyclic) bond motifs is 4. The van der Waals surface area contributed by atoms with E-state index in [2.05, 4.69) is 217 Å². The Balaban J connectivity index is 1.02. The van der Waals surface area contributed by atoms with Gasteiger partial charge in [-0.3, -0.25) is 0 Å². The van der Waals surface area contributed by atoms with Crippen LogP contribution in [-0.4, -0.2) is 0 Å². The van der Waals surface area contributed by atoms with Gasteiger partial charge < -0.3 is 4.90 Å². The van der Waals surface area contributed by atoms with Crippen molar-refractivity contribution in [3.05, 3.63) is 239 Å². The highest BCUT2D eigenvalue weighted by Crippen LogP contribution is 2.46. The van der Waals surface area contributed by atoms with E-state index >= 15 is 0 Å². The lowest BCUT2D eigenvalue weighted by Crippen LogP contribution is -2.40. The van der Waals surface area contributed by atoms with Crippen LogP contribution in [0.5, 0.6) is 0 Å². The first-order valence-corrected chi connectivity index (χ1v) is 21.2. The average molecular weight is 756 g/mol. The molecule has 0 saturated heterocycles. The van der Waals surface area contributed by atoms with Crippen LogP contribution in [0.1, 0.15) is 36.0 Å². The summed E-state index contributed by atoms with van der Waals surface area (Å²) in [7, 11) is 0. The third-order valence-corrected chi connectivity index (χ3v) is 12.8. The van der Waals surface area contributed by atoms with Crippen molar-refractivity contribution in [2.75, 3.05) is 4.90 Å². The molecule has 11 rings (SSSR count). The van der Waals surface area contributed by atoms with Crippen LogP contribution in [0.3, 0.4) is 0 Å². The Morgan fingerprint density at radius 2 is 0.966 bits per heavy atom. The number of rotatable bonds is 7. The number of allylic oxidation sites excluding steroid dienone is 9. The SMILES string of the molecule is C1=CC2C(C3=CCCC=C3)=c3ccccc3=C(c3ccc(N(c4ccccc4)c4ccc(-c5c6c(c(-c7ccccc7)c7ccccc57)CCC=C6)cc4)cc3)C2C=C1. The lowest BCUT2D eigenvalue weighted by molar-refractivity contribution is 0.685. The van der Waals surface area contributed by atoms with Gasteiger partial charge in [0, 0.05) is 28.9 Å². The molecular formula is C58H45N. The molecule has 0 radical (unpaired) electrons. The summed E-state index contributed by atoms with van der Waals surface area (Å²) in [5.41, 5.74) is 16.9. The van der Waals surface area contributed by atoms with Gasteiger partial charge in [0.2, 0.25) is 0 Å². The van der Waals surface area contributed by atoms with Crippen LogP contribution in [0.2, 0.25) is 0 Å². The van der Waals surface area contributed by atoms with E-state index in [1.165, 1.54) is 76.9 Å². The molecule has 0 amide bonds. The van der Waals surface area contributed by atoms with Gasteiger partial charge in [-0.05, 0) is 139 Å². The molecule has 2 unspecified atom stereocenters. The van der Waals surface area contributed by atoms with Crippen LogP contribution >= 0.6 is 0 Å². The van der Waals surface area contributed by atoms with Crippen molar-refractivity contribution in [3.8, 4) is 22.3 Å². The van der Waals surface area contributed by atoms with Crippen LogP contribution in [0.4, 0.5) is 17.1 Å². The van der Waals surface area contributed by atoms with Gasteiger partial charge in [-0.1, -0.05) is 176 Å². The summed E-state index contributed by atoms with van der Waals surface area (Å²) < 4.78 is 0. The quantitative estimate of drug-likeness (QED) is 0.157. The molecule has 7 aromatic rings. The minimum atomic E-state index is 0.267. The summed E-state index contributed by atoms with van der Waals surface area (Å²) in [4.78, 5) is 2.39. The topological polar surface area (TPSA) is 3.24 Å². The van der Waals surface area contributed by atoms with E-state index in [4.69, 9.17) is 0 Å². The molecule has 0 heterocycles. The highest BCUT2D eigenvalue weighted by molar-refractivity contribution is 6.10. The molecule has 0 aliphatic heterocycles. The smallest absolute Gasteiger partial charge is 0.0462 e. The highest BCUT2D eigenvalue weighted by Gasteiger charge is 2.32. The monoisotopic (exact) mass is 755 g/mol. The number of benzene rings is 7. The van der Waals surface area contributed by atoms with E-state index in [-0.39, 0.29) is 5.92 Å². The fraction of sp³-hybridized carbons (Fsp3) is 0.103. The molecule has 282 valence electrons. The van der Waals surface area contributed by atoms with Crippen LogP contribution in [-0.2, 0) is 6.42 Å². The molecule has 0 aromatic heterocycles. The van der Waals surface area contributed by atoms with Crippen molar-refractivity contribution in [2.45, 2.75) is 25.7 Å². The molecule has 0 fully saturated rings. The van der Waals surface area contributed by atoms with Crippen LogP contribution < -0.4 is 15.3 Å². The van der Waals surface area contributed by atoms with Crippen LogP contribution in [0.25, 0.3) is 50.2 Å². The molecule has 59 heavy (non-hydrogen) atoms. The van der Waals surface area contributed by atoms with Crippen molar-refractivity contribution in [1.29, 1.82) is 0 Å². The third kappa shape index (κ3) is 6.17. The van der Waals surface area contributed by atoms with E-state index in [1.807, 2.05) is 0 Å². The van der Waals surface area contributed by atoms with Crippen molar-refractivity contribution in [1.82, 2.24) is 0 Å². The Morgan fingerprint density at radius 1 is 0.424 bits per heavy atom. The van der Waals surface area contributed by atoms with Crippen molar-refractivity contribution in [3.63, 3.8) is 0 Å². The first-order valence-electron chi connectivity index (χ1n) is 21.2. The molecule has 0 bridgehead atoms. The summed E-state index contributed by atoms with van der Waals surface area (Å²) in [6.07, 6.45) is 25.5. The zero-order chi connectivity index (χ0) is 39.1. The lowest BCUT2D eigenvalue weighted by atomic mass is 9.69. The number of nitrogens with zero attached hydrogens (tertiary/aromatic N) is 1. The molecule has 4 aliphatic carbocycles. The highest BCUT2D eigenvalue weighted by atomic mass is 15.1. The second-order valence-electron chi connectivity index (χ2n) is 16.1. The van der Waals surface area contributed by atoms with Gasteiger partial charge >= 0.3 is 0 Å². The Kier molecular flexibility index (Phi) is 9.01. The van der Waals surface area contributed by atoms with E-state index in [9.17, 15) is 0 Å². The lowest BCUT2D eigenvalue weighted by Gasteiger charge is -2.34. The summed E-state index contributed by atoms with van der Waals surface area (Å²) in [5, 5.41) is 5.31. The molecule has 1 nitrogen and oxygen atoms in total. The summed E-state index contributed by atoms with van der Waals surface area (Å²) >= 11 is 0. The average Bonchev–Trinajstić information content (AvgIpc) is 3.31. The van der Waals surface area contributed by atoms with Crippen LogP contribution in [0, 0.1) is 11.8 Å². The fourth-order valence-electron chi connectivity index (χ4n) is 10.2. The predicted molar refractivity (Wildman–Crippen MR) is 250 cm³/mol. The summed E-state index contributed by atoms with van der Waals surface area (Å²) in [6, 6.07) is 58.3. The van der Waals surface area contributed by atoms with Crippen molar-refractivity contribution >= 4 is 45.1 Å². The van der Waals surface area contributed by atoms with Crippen molar-refractivity contribution in [2.24, 2.45) is 11.8 Å². The van der Waals surface area contributed by atoms with Gasteiger partial charge in [0.05, 0.1) is 0 Å². The maximum absolute atomic E-state index is 2.44. The first kappa shape index (κ1) is 35.2. The van der Waals surface area contributed by atoms with Gasteiger partial charge in [-0.2, -0.15) is 0 Å². The second kappa shape index (κ2) is 15.1. The predicted octanol–water partition coefficient (Wildman–Crippen LogP) is 13.6. The van der Waals surface area contributed by atoms with Gasteiger partial charge in [-0.25, -0.2) is 0 Å². The number of hydrogen-bond donors (Lipinski definition) is 0. The largest absolute Gasteiger partial charge is 0.311 e. The molecule has 0 saturated carbocycles. The summed E-state index contributed by atoms with van der Waals surface area (Å²) in [6.45, 7) is 0. The molecule has 0 N–H and O–H groups in total. The van der Waals surface area contributed by atoms with Crippen LogP contribution in [0.15, 0.2) is 212 Å². The summed E-state index contributed by atoms with van der Waals surface area (Å²) in [5.74, 6) is 0.564. The second-order valence-corrected chi connectivity index (χ2v) is 16.1. The zero-order valence-corrected chi connectivity index (χ0v) is 33.1. The van der Waals surface area contributed by atoms with Gasteiger partial charge in [0.15, 0.2) is 0 Å². The molecular weight excluding hydrogens is 711 g/mol. The van der Waals surface area contributed by atoms with Gasteiger partial charge in [0.25, 0.3) is 0 Å². The minimum Gasteiger partial charge on any atom is -0.311 e. The minimum absolute atomic E-state index is 0.267. The van der Waals surface area contributed by atoms with Gasteiger partial charge in [0.1, 0.15) is 0 Å².